The third kappa shape index (κ3) is 3.52. The van der Waals surface area contributed by atoms with Gasteiger partial charge in [-0.05, 0) is 49.2 Å². The van der Waals surface area contributed by atoms with E-state index >= 15 is 0 Å². The smallest absolute Gasteiger partial charge is 0.128 e. The Bertz CT molecular complexity index is 611. The van der Waals surface area contributed by atoms with Crippen LogP contribution in [0.2, 0.25) is 5.02 Å². The SMILES string of the molecule is CCCNC(c1ccc(F)cc1Cl)c1c(C)ccnc1N. The van der Waals surface area contributed by atoms with Gasteiger partial charge in [0.15, 0.2) is 0 Å². The Morgan fingerprint density at radius 1 is 1.38 bits per heavy atom. The van der Waals surface area contributed by atoms with E-state index in [-0.39, 0.29) is 11.9 Å². The Balaban J connectivity index is 2.52. The summed E-state index contributed by atoms with van der Waals surface area (Å²) in [5.41, 5.74) is 8.76. The lowest BCUT2D eigenvalue weighted by Crippen LogP contribution is -2.25. The zero-order chi connectivity index (χ0) is 15.4. The molecule has 0 saturated heterocycles. The van der Waals surface area contributed by atoms with Crippen molar-refractivity contribution < 1.29 is 4.39 Å². The predicted molar refractivity (Wildman–Crippen MR) is 84.9 cm³/mol. The van der Waals surface area contributed by atoms with Gasteiger partial charge in [0.25, 0.3) is 0 Å². The van der Waals surface area contributed by atoms with Crippen molar-refractivity contribution in [3.05, 3.63) is 58.0 Å². The summed E-state index contributed by atoms with van der Waals surface area (Å²) in [6, 6.07) is 6.12. The summed E-state index contributed by atoms with van der Waals surface area (Å²) < 4.78 is 13.3. The molecule has 0 bridgehead atoms. The van der Waals surface area contributed by atoms with E-state index in [0.29, 0.717) is 10.8 Å². The first-order valence-corrected chi connectivity index (χ1v) is 7.31. The van der Waals surface area contributed by atoms with E-state index in [1.807, 2.05) is 13.0 Å². The van der Waals surface area contributed by atoms with Crippen LogP contribution in [0.25, 0.3) is 0 Å². The average molecular weight is 308 g/mol. The monoisotopic (exact) mass is 307 g/mol. The molecule has 1 aromatic heterocycles. The molecule has 0 aliphatic heterocycles. The number of aromatic nitrogens is 1. The van der Waals surface area contributed by atoms with Crippen LogP contribution in [0.15, 0.2) is 30.5 Å². The van der Waals surface area contributed by atoms with E-state index in [9.17, 15) is 4.39 Å². The van der Waals surface area contributed by atoms with E-state index in [1.165, 1.54) is 12.1 Å². The largest absolute Gasteiger partial charge is 0.383 e. The van der Waals surface area contributed by atoms with Crippen LogP contribution in [-0.2, 0) is 0 Å². The molecular weight excluding hydrogens is 289 g/mol. The molecule has 0 fully saturated rings. The Hall–Kier alpha value is -1.65. The normalized spacial score (nSPS) is 12.4. The highest BCUT2D eigenvalue weighted by molar-refractivity contribution is 6.31. The number of rotatable bonds is 5. The molecule has 0 aliphatic rings. The first-order chi connectivity index (χ1) is 10.0. The molecule has 5 heteroatoms. The highest BCUT2D eigenvalue weighted by Gasteiger charge is 2.21. The molecule has 1 aromatic carbocycles. The molecule has 0 aliphatic carbocycles. The molecule has 0 saturated carbocycles. The fraction of sp³-hybridized carbons (Fsp3) is 0.312. The average Bonchev–Trinajstić information content (AvgIpc) is 2.43. The summed E-state index contributed by atoms with van der Waals surface area (Å²) in [5.74, 6) is 0.109. The molecule has 2 rings (SSSR count). The van der Waals surface area contributed by atoms with Gasteiger partial charge in [0.2, 0.25) is 0 Å². The second kappa shape index (κ2) is 6.87. The first-order valence-electron chi connectivity index (χ1n) is 6.94. The third-order valence-electron chi connectivity index (χ3n) is 3.40. The number of halogens is 2. The minimum Gasteiger partial charge on any atom is -0.383 e. The number of nitrogens with one attached hydrogen (secondary N) is 1. The molecule has 3 nitrogen and oxygen atoms in total. The summed E-state index contributed by atoms with van der Waals surface area (Å²) in [7, 11) is 0. The predicted octanol–water partition coefficient (Wildman–Crippen LogP) is 3.85. The maximum atomic E-state index is 13.3. The maximum absolute atomic E-state index is 13.3. The van der Waals surface area contributed by atoms with Gasteiger partial charge >= 0.3 is 0 Å². The lowest BCUT2D eigenvalue weighted by Gasteiger charge is -2.23. The molecular formula is C16H19ClFN3. The van der Waals surface area contributed by atoms with Gasteiger partial charge in [0.1, 0.15) is 11.6 Å². The number of hydrogen-bond acceptors (Lipinski definition) is 3. The molecule has 0 spiro atoms. The molecule has 112 valence electrons. The standard InChI is InChI=1S/C16H19ClFN3/c1-3-7-20-15(12-5-4-11(18)9-13(12)17)14-10(2)6-8-21-16(14)19/h4-6,8-9,15,20H,3,7H2,1-2H3,(H2,19,21). The van der Waals surface area contributed by atoms with Crippen molar-refractivity contribution >= 4 is 17.4 Å². The van der Waals surface area contributed by atoms with Crippen molar-refractivity contribution in [1.82, 2.24) is 10.3 Å². The number of anilines is 1. The van der Waals surface area contributed by atoms with Crippen LogP contribution in [0, 0.1) is 12.7 Å². The minimum atomic E-state index is -0.353. The Labute approximate surface area is 129 Å². The highest BCUT2D eigenvalue weighted by Crippen LogP contribution is 2.33. The van der Waals surface area contributed by atoms with Crippen LogP contribution in [0.5, 0.6) is 0 Å². The number of hydrogen-bond donors (Lipinski definition) is 2. The fourth-order valence-electron chi connectivity index (χ4n) is 2.36. The first kappa shape index (κ1) is 15.7. The summed E-state index contributed by atoms with van der Waals surface area (Å²) in [6.07, 6.45) is 2.64. The molecule has 1 heterocycles. The van der Waals surface area contributed by atoms with E-state index in [1.54, 1.807) is 12.3 Å². The lowest BCUT2D eigenvalue weighted by molar-refractivity contribution is 0.591. The van der Waals surface area contributed by atoms with Crippen molar-refractivity contribution in [2.45, 2.75) is 26.3 Å². The summed E-state index contributed by atoms with van der Waals surface area (Å²) >= 11 is 6.22. The lowest BCUT2D eigenvalue weighted by atomic mass is 9.95. The van der Waals surface area contributed by atoms with E-state index in [2.05, 4.69) is 17.2 Å². The molecule has 0 radical (unpaired) electrons. The summed E-state index contributed by atoms with van der Waals surface area (Å²) in [5, 5.41) is 3.80. The van der Waals surface area contributed by atoms with Crippen molar-refractivity contribution in [3.63, 3.8) is 0 Å². The van der Waals surface area contributed by atoms with Gasteiger partial charge in [0.05, 0.1) is 6.04 Å². The number of nitrogens with two attached hydrogens (primary N) is 1. The van der Waals surface area contributed by atoms with Gasteiger partial charge in [-0.15, -0.1) is 0 Å². The van der Waals surface area contributed by atoms with Crippen LogP contribution in [-0.4, -0.2) is 11.5 Å². The van der Waals surface area contributed by atoms with Crippen molar-refractivity contribution in [3.8, 4) is 0 Å². The third-order valence-corrected chi connectivity index (χ3v) is 3.73. The zero-order valence-electron chi connectivity index (χ0n) is 12.2. The number of benzene rings is 1. The molecule has 0 amide bonds. The summed E-state index contributed by atoms with van der Waals surface area (Å²) in [6.45, 7) is 4.85. The Morgan fingerprint density at radius 2 is 2.14 bits per heavy atom. The van der Waals surface area contributed by atoms with Gasteiger partial charge in [0, 0.05) is 16.8 Å². The second-order valence-electron chi connectivity index (χ2n) is 4.98. The van der Waals surface area contributed by atoms with Crippen molar-refractivity contribution in [2.24, 2.45) is 0 Å². The van der Waals surface area contributed by atoms with E-state index in [0.717, 1.165) is 29.7 Å². The van der Waals surface area contributed by atoms with Gasteiger partial charge in [-0.25, -0.2) is 9.37 Å². The topological polar surface area (TPSA) is 50.9 Å². The van der Waals surface area contributed by atoms with Crippen LogP contribution in [0.4, 0.5) is 10.2 Å². The van der Waals surface area contributed by atoms with E-state index < -0.39 is 0 Å². The Kier molecular flexibility index (Phi) is 5.15. The Morgan fingerprint density at radius 3 is 2.76 bits per heavy atom. The van der Waals surface area contributed by atoms with E-state index in [4.69, 9.17) is 17.3 Å². The number of nitrogens with zero attached hydrogens (tertiary/aromatic N) is 1. The highest BCUT2D eigenvalue weighted by atomic mass is 35.5. The molecule has 21 heavy (non-hydrogen) atoms. The fourth-order valence-corrected chi connectivity index (χ4v) is 2.63. The number of nitrogen functional groups attached to an aromatic ring is 1. The second-order valence-corrected chi connectivity index (χ2v) is 5.39. The van der Waals surface area contributed by atoms with Crippen LogP contribution >= 0.6 is 11.6 Å². The molecule has 1 unspecified atom stereocenters. The van der Waals surface area contributed by atoms with Crippen molar-refractivity contribution in [2.75, 3.05) is 12.3 Å². The van der Waals surface area contributed by atoms with Crippen LogP contribution in [0.1, 0.15) is 36.1 Å². The maximum Gasteiger partial charge on any atom is 0.128 e. The van der Waals surface area contributed by atoms with Crippen LogP contribution in [0.3, 0.4) is 0 Å². The quantitative estimate of drug-likeness (QED) is 0.882. The number of aryl methyl sites for hydroxylation is 1. The minimum absolute atomic E-state index is 0.202. The number of pyridine rings is 1. The van der Waals surface area contributed by atoms with Crippen molar-refractivity contribution in [1.29, 1.82) is 0 Å². The van der Waals surface area contributed by atoms with Gasteiger partial charge in [-0.3, -0.25) is 0 Å². The van der Waals surface area contributed by atoms with Gasteiger partial charge < -0.3 is 11.1 Å². The van der Waals surface area contributed by atoms with Gasteiger partial charge in [-0.2, -0.15) is 0 Å². The molecule has 1 atom stereocenters. The van der Waals surface area contributed by atoms with Crippen LogP contribution < -0.4 is 11.1 Å². The zero-order valence-corrected chi connectivity index (χ0v) is 12.9. The summed E-state index contributed by atoms with van der Waals surface area (Å²) in [4.78, 5) is 4.16. The molecule has 3 N–H and O–H groups in total. The molecule has 2 aromatic rings. The van der Waals surface area contributed by atoms with Gasteiger partial charge in [-0.1, -0.05) is 24.6 Å².